The molecule has 0 saturated carbocycles. The number of fused-ring (bicyclic) bond motifs is 1. The van der Waals surface area contributed by atoms with Crippen molar-refractivity contribution in [3.63, 3.8) is 0 Å². The molecular formula is C36H32BrN3O4S. The van der Waals surface area contributed by atoms with Crippen molar-refractivity contribution in [2.24, 2.45) is 0 Å². The molecule has 0 spiro atoms. The van der Waals surface area contributed by atoms with Gasteiger partial charge in [-0.05, 0) is 80.1 Å². The van der Waals surface area contributed by atoms with Gasteiger partial charge in [-0.1, -0.05) is 82.2 Å². The molecule has 1 heterocycles. The normalized spacial score (nSPS) is 14.6. The fraction of sp³-hybridized carbons (Fsp3) is 0.139. The average molecular weight is 683 g/mol. The zero-order valence-corrected chi connectivity index (χ0v) is 27.3. The first-order chi connectivity index (χ1) is 21.7. The molecular weight excluding hydrogens is 650 g/mol. The van der Waals surface area contributed by atoms with Crippen LogP contribution in [0.25, 0.3) is 0 Å². The van der Waals surface area contributed by atoms with Gasteiger partial charge in [-0.2, -0.15) is 0 Å². The molecule has 0 aliphatic carbocycles. The summed E-state index contributed by atoms with van der Waals surface area (Å²) in [7, 11) is -3.99. The van der Waals surface area contributed by atoms with Crippen LogP contribution in [0.4, 0.5) is 17.1 Å². The van der Waals surface area contributed by atoms with Crippen molar-refractivity contribution in [1.82, 2.24) is 0 Å². The maximum Gasteiger partial charge on any atom is 0.262 e. The average Bonchev–Trinajstić information content (AvgIpc) is 3.04. The molecule has 5 aromatic carbocycles. The Morgan fingerprint density at radius 2 is 1.53 bits per heavy atom. The smallest absolute Gasteiger partial charge is 0.262 e. The number of ether oxygens (including phenoxy) is 1. The Labute approximate surface area is 272 Å². The summed E-state index contributed by atoms with van der Waals surface area (Å²) >= 11 is 3.74. The van der Waals surface area contributed by atoms with Crippen molar-refractivity contribution in [1.29, 1.82) is 0 Å². The van der Waals surface area contributed by atoms with Crippen molar-refractivity contribution >= 4 is 48.9 Å². The number of nitrogens with one attached hydrogen (secondary N) is 1. The second-order valence-electron chi connectivity index (χ2n) is 10.8. The standard InChI is InChI=1S/C36H32BrN3O4S/c1-3-44-29-19-17-28(18-20-29)40-35(31-11-7-8-12-33(31)37)39(24-26-9-5-4-6-10-26)34-22-21-30(23-32(34)36(40)41)45(42,43)38-27-15-13-25(2)14-16-27/h4-23,35,38H,3,24H2,1-2H3/t35-/m1/s1. The molecule has 0 unspecified atom stereocenters. The van der Waals surface area contributed by atoms with Crippen molar-refractivity contribution < 1.29 is 17.9 Å². The third-order valence-electron chi connectivity index (χ3n) is 7.69. The molecule has 228 valence electrons. The number of rotatable bonds is 9. The predicted octanol–water partition coefficient (Wildman–Crippen LogP) is 8.32. The summed E-state index contributed by atoms with van der Waals surface area (Å²) in [6, 6.07) is 37.1. The number of hydrogen-bond acceptors (Lipinski definition) is 5. The molecule has 6 rings (SSSR count). The maximum atomic E-state index is 14.6. The monoisotopic (exact) mass is 681 g/mol. The lowest BCUT2D eigenvalue weighted by molar-refractivity contribution is 0.0967. The summed E-state index contributed by atoms with van der Waals surface area (Å²) < 4.78 is 36.3. The zero-order valence-electron chi connectivity index (χ0n) is 24.9. The minimum Gasteiger partial charge on any atom is -0.494 e. The van der Waals surface area contributed by atoms with Gasteiger partial charge in [0.05, 0.1) is 22.8 Å². The van der Waals surface area contributed by atoms with Crippen LogP contribution in [0.1, 0.15) is 40.1 Å². The van der Waals surface area contributed by atoms with Gasteiger partial charge in [0.25, 0.3) is 15.9 Å². The summed E-state index contributed by atoms with van der Waals surface area (Å²) in [6.45, 7) is 4.84. The summed E-state index contributed by atoms with van der Waals surface area (Å²) in [6.07, 6.45) is -0.549. The van der Waals surface area contributed by atoms with Gasteiger partial charge in [0.1, 0.15) is 11.9 Å². The van der Waals surface area contributed by atoms with Crippen LogP contribution in [-0.2, 0) is 16.6 Å². The number of halogens is 1. The Morgan fingerprint density at radius 1 is 0.844 bits per heavy atom. The van der Waals surface area contributed by atoms with E-state index in [-0.39, 0.29) is 16.4 Å². The second kappa shape index (κ2) is 12.8. The van der Waals surface area contributed by atoms with Gasteiger partial charge in [0, 0.05) is 28.0 Å². The van der Waals surface area contributed by atoms with Gasteiger partial charge in [-0.15, -0.1) is 0 Å². The Kier molecular flexibility index (Phi) is 8.65. The second-order valence-corrected chi connectivity index (χ2v) is 13.3. The summed E-state index contributed by atoms with van der Waals surface area (Å²) in [5.41, 5.74) is 4.97. The lowest BCUT2D eigenvalue weighted by Gasteiger charge is -2.46. The van der Waals surface area contributed by atoms with Crippen molar-refractivity contribution in [3.8, 4) is 5.75 Å². The molecule has 9 heteroatoms. The molecule has 0 fully saturated rings. The number of anilines is 3. The van der Waals surface area contributed by atoms with Crippen LogP contribution in [0.5, 0.6) is 5.75 Å². The number of carbonyl (C=O) groups excluding carboxylic acids is 1. The van der Waals surface area contributed by atoms with Crippen LogP contribution in [0.3, 0.4) is 0 Å². The summed E-state index contributed by atoms with van der Waals surface area (Å²) in [5, 5.41) is 0. The summed E-state index contributed by atoms with van der Waals surface area (Å²) in [4.78, 5) is 18.5. The number of hydrogen-bond donors (Lipinski definition) is 1. The quantitative estimate of drug-likeness (QED) is 0.169. The number of aryl methyl sites for hydroxylation is 1. The molecule has 1 aliphatic heterocycles. The van der Waals surface area contributed by atoms with E-state index in [1.165, 1.54) is 6.07 Å². The Hall–Kier alpha value is -4.60. The third kappa shape index (κ3) is 6.32. The Bertz CT molecular complexity index is 1930. The number of carbonyl (C=O) groups is 1. The molecule has 0 aromatic heterocycles. The van der Waals surface area contributed by atoms with E-state index in [2.05, 4.69) is 25.6 Å². The SMILES string of the molecule is CCOc1ccc(N2C(=O)c3cc(S(=O)(=O)Nc4ccc(C)cc4)ccc3N(Cc3ccccc3)[C@H]2c2ccccc2Br)cc1. The molecule has 0 saturated heterocycles. The van der Waals surface area contributed by atoms with Crippen molar-refractivity contribution in [2.75, 3.05) is 21.1 Å². The first-order valence-electron chi connectivity index (χ1n) is 14.6. The van der Waals surface area contributed by atoms with Crippen LogP contribution in [-0.4, -0.2) is 20.9 Å². The molecule has 5 aromatic rings. The van der Waals surface area contributed by atoms with E-state index in [1.54, 1.807) is 29.2 Å². The van der Waals surface area contributed by atoms with Crippen molar-refractivity contribution in [2.45, 2.75) is 31.5 Å². The van der Waals surface area contributed by atoms with E-state index >= 15 is 0 Å². The highest BCUT2D eigenvalue weighted by Gasteiger charge is 2.41. The molecule has 1 aliphatic rings. The third-order valence-corrected chi connectivity index (χ3v) is 9.79. The highest BCUT2D eigenvalue weighted by atomic mass is 79.9. The Morgan fingerprint density at radius 3 is 2.22 bits per heavy atom. The van der Waals surface area contributed by atoms with E-state index in [9.17, 15) is 13.2 Å². The number of amides is 1. The van der Waals surface area contributed by atoms with E-state index in [0.29, 0.717) is 36.0 Å². The summed E-state index contributed by atoms with van der Waals surface area (Å²) in [5.74, 6) is 0.381. The van der Waals surface area contributed by atoms with Gasteiger partial charge in [-0.3, -0.25) is 14.4 Å². The van der Waals surface area contributed by atoms with Crippen molar-refractivity contribution in [3.05, 3.63) is 148 Å². The van der Waals surface area contributed by atoms with Gasteiger partial charge in [-0.25, -0.2) is 8.42 Å². The number of sulfonamides is 1. The largest absolute Gasteiger partial charge is 0.494 e. The molecule has 45 heavy (non-hydrogen) atoms. The lowest BCUT2D eigenvalue weighted by Crippen LogP contribution is -2.49. The minimum atomic E-state index is -3.99. The maximum absolute atomic E-state index is 14.6. The fourth-order valence-corrected chi connectivity index (χ4v) is 7.10. The van der Waals surface area contributed by atoms with Gasteiger partial charge < -0.3 is 9.64 Å². The van der Waals surface area contributed by atoms with E-state index in [1.807, 2.05) is 105 Å². The predicted molar refractivity (Wildman–Crippen MR) is 182 cm³/mol. The highest BCUT2D eigenvalue weighted by molar-refractivity contribution is 9.10. The fourth-order valence-electron chi connectivity index (χ4n) is 5.52. The first kappa shape index (κ1) is 30.4. The highest BCUT2D eigenvalue weighted by Crippen LogP contribution is 2.45. The Balaban J connectivity index is 1.52. The van der Waals surface area contributed by atoms with E-state index < -0.39 is 16.2 Å². The number of nitrogens with zero attached hydrogens (tertiary/aromatic N) is 2. The zero-order chi connectivity index (χ0) is 31.6. The van der Waals surface area contributed by atoms with Gasteiger partial charge in [0.15, 0.2) is 0 Å². The van der Waals surface area contributed by atoms with Crippen LogP contribution in [0.2, 0.25) is 0 Å². The van der Waals surface area contributed by atoms with Crippen LogP contribution in [0.15, 0.2) is 131 Å². The van der Waals surface area contributed by atoms with Crippen LogP contribution >= 0.6 is 15.9 Å². The van der Waals surface area contributed by atoms with Crippen LogP contribution in [0, 0.1) is 6.92 Å². The molecule has 0 bridgehead atoms. The molecule has 1 amide bonds. The van der Waals surface area contributed by atoms with E-state index in [0.717, 1.165) is 21.2 Å². The van der Waals surface area contributed by atoms with Gasteiger partial charge >= 0.3 is 0 Å². The minimum absolute atomic E-state index is 0.000761. The molecule has 1 N–H and O–H groups in total. The molecule has 0 radical (unpaired) electrons. The number of benzene rings is 5. The topological polar surface area (TPSA) is 78.9 Å². The van der Waals surface area contributed by atoms with Gasteiger partial charge in [0.2, 0.25) is 0 Å². The molecule has 7 nitrogen and oxygen atoms in total. The van der Waals surface area contributed by atoms with Crippen LogP contribution < -0.4 is 19.3 Å². The van der Waals surface area contributed by atoms with E-state index in [4.69, 9.17) is 4.74 Å². The first-order valence-corrected chi connectivity index (χ1v) is 16.9. The lowest BCUT2D eigenvalue weighted by atomic mass is 9.99. The molecule has 1 atom stereocenters.